The third kappa shape index (κ3) is 4.78. The van der Waals surface area contributed by atoms with Gasteiger partial charge in [-0.3, -0.25) is 14.7 Å². The molecule has 0 bridgehead atoms. The van der Waals surface area contributed by atoms with Gasteiger partial charge in [0, 0.05) is 11.2 Å². The summed E-state index contributed by atoms with van der Waals surface area (Å²) in [4.78, 5) is 24.3. The van der Waals surface area contributed by atoms with Crippen molar-refractivity contribution in [2.24, 2.45) is 0 Å². The molecule has 158 valence electrons. The second-order valence-electron chi connectivity index (χ2n) is 7.89. The van der Waals surface area contributed by atoms with Gasteiger partial charge in [-0.2, -0.15) is 0 Å². The summed E-state index contributed by atoms with van der Waals surface area (Å²) >= 11 is 7.79. The van der Waals surface area contributed by atoms with E-state index in [1.807, 2.05) is 49.4 Å². The Morgan fingerprint density at radius 3 is 2.55 bits per heavy atom. The second kappa shape index (κ2) is 9.16. The minimum atomic E-state index is -0.00856. The van der Waals surface area contributed by atoms with Crippen LogP contribution in [0.4, 0.5) is 5.13 Å². The molecule has 4 aromatic rings. The summed E-state index contributed by atoms with van der Waals surface area (Å²) in [6.07, 6.45) is 2.05. The molecule has 2 aromatic carbocycles. The van der Waals surface area contributed by atoms with Crippen molar-refractivity contribution >= 4 is 44.2 Å². The molecular weight excluding hydrogens is 426 g/mol. The Bertz CT molecular complexity index is 1200. The molecule has 0 saturated heterocycles. The van der Waals surface area contributed by atoms with Gasteiger partial charge in [-0.15, -0.1) is 0 Å². The maximum Gasteiger partial charge on any atom is 0.233 e. The van der Waals surface area contributed by atoms with Crippen LogP contribution in [0.1, 0.15) is 42.1 Å². The monoisotopic (exact) mass is 449 g/mol. The molecule has 0 atom stereocenters. The molecule has 0 N–H and O–H groups in total. The van der Waals surface area contributed by atoms with Gasteiger partial charge in [-0.05, 0) is 53.8 Å². The van der Waals surface area contributed by atoms with E-state index in [0.29, 0.717) is 29.0 Å². The molecule has 2 heterocycles. The molecule has 6 heteroatoms. The number of thiazole rings is 1. The number of hydrogen-bond acceptors (Lipinski definition) is 4. The van der Waals surface area contributed by atoms with Crippen molar-refractivity contribution in [1.82, 2.24) is 9.97 Å². The first-order valence-corrected chi connectivity index (χ1v) is 11.5. The zero-order chi connectivity index (χ0) is 22.0. The number of nitrogens with zero attached hydrogens (tertiary/aromatic N) is 3. The van der Waals surface area contributed by atoms with E-state index >= 15 is 0 Å². The Morgan fingerprint density at radius 2 is 1.87 bits per heavy atom. The number of pyridine rings is 1. The molecule has 0 aliphatic heterocycles. The van der Waals surface area contributed by atoms with Gasteiger partial charge in [0.15, 0.2) is 5.13 Å². The number of aryl methyl sites for hydroxylation is 1. The molecule has 0 fully saturated rings. The van der Waals surface area contributed by atoms with Gasteiger partial charge in [0.1, 0.15) is 0 Å². The molecule has 0 aliphatic carbocycles. The average Bonchev–Trinajstić information content (AvgIpc) is 3.20. The highest BCUT2D eigenvalue weighted by Gasteiger charge is 2.22. The fourth-order valence-electron chi connectivity index (χ4n) is 3.41. The van der Waals surface area contributed by atoms with Crippen molar-refractivity contribution in [2.75, 3.05) is 4.90 Å². The van der Waals surface area contributed by atoms with E-state index in [2.05, 4.69) is 31.0 Å². The number of anilines is 1. The zero-order valence-electron chi connectivity index (χ0n) is 17.8. The molecule has 0 spiro atoms. The summed E-state index contributed by atoms with van der Waals surface area (Å²) in [6.45, 7) is 6.65. The Hall–Kier alpha value is -2.76. The number of carbonyl (C=O) groups excluding carboxylic acids is 1. The van der Waals surface area contributed by atoms with Crippen LogP contribution in [-0.4, -0.2) is 15.9 Å². The molecule has 0 unspecified atom stereocenters. The molecule has 31 heavy (non-hydrogen) atoms. The molecule has 1 amide bonds. The van der Waals surface area contributed by atoms with Gasteiger partial charge in [0.2, 0.25) is 5.91 Å². The van der Waals surface area contributed by atoms with E-state index in [4.69, 9.17) is 16.6 Å². The summed E-state index contributed by atoms with van der Waals surface area (Å²) in [5.74, 6) is 0.453. The molecule has 0 aliphatic rings. The van der Waals surface area contributed by atoms with Crippen molar-refractivity contribution in [3.63, 3.8) is 0 Å². The number of halogens is 1. The van der Waals surface area contributed by atoms with Crippen molar-refractivity contribution in [3.05, 3.63) is 88.2 Å². The van der Waals surface area contributed by atoms with Crippen LogP contribution in [0.3, 0.4) is 0 Å². The topological polar surface area (TPSA) is 46.1 Å². The van der Waals surface area contributed by atoms with E-state index in [0.717, 1.165) is 27.0 Å². The Morgan fingerprint density at radius 1 is 1.10 bits per heavy atom. The number of benzene rings is 2. The smallest absolute Gasteiger partial charge is 0.233 e. The Labute approximate surface area is 191 Å². The number of amides is 1. The number of aromatic nitrogens is 2. The van der Waals surface area contributed by atoms with Gasteiger partial charge >= 0.3 is 0 Å². The molecule has 4 rings (SSSR count). The average molecular weight is 450 g/mol. The normalized spacial score (nSPS) is 11.3. The first kappa shape index (κ1) is 21.5. The second-order valence-corrected chi connectivity index (χ2v) is 9.31. The van der Waals surface area contributed by atoms with Crippen LogP contribution in [0.5, 0.6) is 0 Å². The standard InChI is InChI=1S/C25H24ClN3OS/c1-16(2)19-9-7-18(8-10-19)14-23(30)29(15-20-6-4-5-13-27-20)25-28-24-17(3)21(26)11-12-22(24)31-25/h4-13,16H,14-15H2,1-3H3. The molecule has 4 nitrogen and oxygen atoms in total. The predicted octanol–water partition coefficient (Wildman–Crippen LogP) is 6.55. The lowest BCUT2D eigenvalue weighted by Gasteiger charge is -2.20. The lowest BCUT2D eigenvalue weighted by molar-refractivity contribution is -0.118. The quantitative estimate of drug-likeness (QED) is 0.335. The molecule has 2 aromatic heterocycles. The third-order valence-electron chi connectivity index (χ3n) is 5.32. The number of fused-ring (bicyclic) bond motifs is 1. The first-order chi connectivity index (χ1) is 14.9. The number of rotatable bonds is 6. The Kier molecular flexibility index (Phi) is 6.35. The summed E-state index contributed by atoms with van der Waals surface area (Å²) in [5.41, 5.74) is 4.84. The van der Waals surface area contributed by atoms with Crippen molar-refractivity contribution in [1.29, 1.82) is 0 Å². The molecule has 0 radical (unpaired) electrons. The van der Waals surface area contributed by atoms with Crippen molar-refractivity contribution in [3.8, 4) is 0 Å². The minimum Gasteiger partial charge on any atom is -0.282 e. The summed E-state index contributed by atoms with van der Waals surface area (Å²) in [7, 11) is 0. The Balaban J connectivity index is 1.67. The number of carbonyl (C=O) groups is 1. The summed E-state index contributed by atoms with van der Waals surface area (Å²) in [5, 5.41) is 1.34. The van der Waals surface area contributed by atoms with Crippen LogP contribution in [0.2, 0.25) is 5.02 Å². The summed E-state index contributed by atoms with van der Waals surface area (Å²) < 4.78 is 1.01. The fraction of sp³-hybridized carbons (Fsp3) is 0.240. The largest absolute Gasteiger partial charge is 0.282 e. The van der Waals surface area contributed by atoms with Gasteiger partial charge in [0.25, 0.3) is 0 Å². The van der Waals surface area contributed by atoms with Crippen LogP contribution in [0.25, 0.3) is 10.2 Å². The maximum absolute atomic E-state index is 13.4. The lowest BCUT2D eigenvalue weighted by Crippen LogP contribution is -2.32. The third-order valence-corrected chi connectivity index (χ3v) is 6.77. The summed E-state index contributed by atoms with van der Waals surface area (Å²) in [6, 6.07) is 17.8. The van der Waals surface area contributed by atoms with Crippen molar-refractivity contribution < 1.29 is 4.79 Å². The van der Waals surface area contributed by atoms with Crippen LogP contribution in [-0.2, 0) is 17.8 Å². The van der Waals surface area contributed by atoms with Crippen LogP contribution < -0.4 is 4.90 Å². The highest BCUT2D eigenvalue weighted by Crippen LogP contribution is 2.34. The van der Waals surface area contributed by atoms with Gasteiger partial charge in [-0.1, -0.05) is 67.1 Å². The van der Waals surface area contributed by atoms with E-state index in [-0.39, 0.29) is 5.91 Å². The lowest BCUT2D eigenvalue weighted by atomic mass is 10.0. The van der Waals surface area contributed by atoms with Gasteiger partial charge in [0.05, 0.1) is 28.9 Å². The SMILES string of the molecule is Cc1c(Cl)ccc2sc(N(Cc3ccccn3)C(=O)Cc3ccc(C(C)C)cc3)nc12. The number of hydrogen-bond donors (Lipinski definition) is 0. The van der Waals surface area contributed by atoms with Crippen LogP contribution in [0, 0.1) is 6.92 Å². The maximum atomic E-state index is 13.4. The minimum absolute atomic E-state index is 0.00856. The van der Waals surface area contributed by atoms with Gasteiger partial charge < -0.3 is 0 Å². The van der Waals surface area contributed by atoms with E-state index in [1.165, 1.54) is 16.9 Å². The fourth-order valence-corrected chi connectivity index (χ4v) is 4.61. The van der Waals surface area contributed by atoms with Crippen molar-refractivity contribution in [2.45, 2.75) is 39.7 Å². The van der Waals surface area contributed by atoms with E-state index in [9.17, 15) is 4.79 Å². The zero-order valence-corrected chi connectivity index (χ0v) is 19.4. The van der Waals surface area contributed by atoms with E-state index in [1.54, 1.807) is 11.1 Å². The predicted molar refractivity (Wildman–Crippen MR) is 129 cm³/mol. The van der Waals surface area contributed by atoms with E-state index < -0.39 is 0 Å². The van der Waals surface area contributed by atoms with Gasteiger partial charge in [-0.25, -0.2) is 4.98 Å². The van der Waals surface area contributed by atoms with Crippen LogP contribution in [0.15, 0.2) is 60.8 Å². The molecular formula is C25H24ClN3OS. The molecule has 0 saturated carbocycles. The highest BCUT2D eigenvalue weighted by molar-refractivity contribution is 7.22. The first-order valence-electron chi connectivity index (χ1n) is 10.3. The van der Waals surface area contributed by atoms with Crippen LogP contribution >= 0.6 is 22.9 Å². The highest BCUT2D eigenvalue weighted by atomic mass is 35.5.